The first kappa shape index (κ1) is 22.6. The summed E-state index contributed by atoms with van der Waals surface area (Å²) in [5, 5.41) is 10.7. The summed E-state index contributed by atoms with van der Waals surface area (Å²) in [7, 11) is -3.26. The first-order valence-corrected chi connectivity index (χ1v) is 12.1. The highest BCUT2D eigenvalue weighted by Gasteiger charge is 2.13. The third-order valence-electron chi connectivity index (χ3n) is 4.75. The molecule has 0 saturated carbocycles. The lowest BCUT2D eigenvalue weighted by Crippen LogP contribution is -2.38. The van der Waals surface area contributed by atoms with Gasteiger partial charge in [-0.05, 0) is 42.7 Å². The molecule has 7 nitrogen and oxygen atoms in total. The highest BCUT2D eigenvalue weighted by molar-refractivity contribution is 7.91. The Balaban J connectivity index is 1.56. The van der Waals surface area contributed by atoms with E-state index in [1.807, 2.05) is 42.1 Å². The van der Waals surface area contributed by atoms with Crippen molar-refractivity contribution in [2.45, 2.75) is 31.3 Å². The Bertz CT molecular complexity index is 1060. The van der Waals surface area contributed by atoms with Gasteiger partial charge >= 0.3 is 0 Å². The third-order valence-corrected chi connectivity index (χ3v) is 6.56. The molecule has 0 unspecified atom stereocenters. The fraction of sp³-hybridized carbons (Fsp3) is 0.304. The predicted molar refractivity (Wildman–Crippen MR) is 124 cm³/mol. The largest absolute Gasteiger partial charge is 0.357 e. The molecule has 31 heavy (non-hydrogen) atoms. The summed E-state index contributed by atoms with van der Waals surface area (Å²) in [4.78, 5) is 5.05. The minimum absolute atomic E-state index is 0.0934. The summed E-state index contributed by atoms with van der Waals surface area (Å²) >= 11 is 0. The topological polar surface area (TPSA) is 88.4 Å². The fourth-order valence-electron chi connectivity index (χ4n) is 3.16. The SMILES string of the molecule is CCNC(=NCc1ccccc1Cn1cccn1)NCCCS(=O)(=O)c1ccccc1. The van der Waals surface area contributed by atoms with Gasteiger partial charge in [-0.25, -0.2) is 13.4 Å². The summed E-state index contributed by atoms with van der Waals surface area (Å²) < 4.78 is 26.7. The maximum Gasteiger partial charge on any atom is 0.191 e. The smallest absolute Gasteiger partial charge is 0.191 e. The number of guanidine groups is 1. The van der Waals surface area contributed by atoms with Gasteiger partial charge in [-0.2, -0.15) is 5.10 Å². The highest BCUT2D eigenvalue weighted by Crippen LogP contribution is 2.12. The Morgan fingerprint density at radius 1 is 1.00 bits per heavy atom. The molecule has 3 aromatic rings. The van der Waals surface area contributed by atoms with Crippen LogP contribution in [0, 0.1) is 0 Å². The van der Waals surface area contributed by atoms with E-state index in [1.54, 1.807) is 30.5 Å². The Morgan fingerprint density at radius 2 is 1.74 bits per heavy atom. The van der Waals surface area contributed by atoms with Gasteiger partial charge in [0.1, 0.15) is 0 Å². The van der Waals surface area contributed by atoms with Gasteiger partial charge in [0.2, 0.25) is 0 Å². The Hall–Kier alpha value is -3.13. The lowest BCUT2D eigenvalue weighted by atomic mass is 10.1. The van der Waals surface area contributed by atoms with Crippen LogP contribution >= 0.6 is 0 Å². The van der Waals surface area contributed by atoms with E-state index < -0.39 is 9.84 Å². The van der Waals surface area contributed by atoms with Crippen molar-refractivity contribution in [2.75, 3.05) is 18.8 Å². The normalized spacial score (nSPS) is 12.0. The van der Waals surface area contributed by atoms with E-state index in [1.165, 1.54) is 5.56 Å². The number of benzene rings is 2. The van der Waals surface area contributed by atoms with Gasteiger partial charge in [0.05, 0.1) is 23.7 Å². The van der Waals surface area contributed by atoms with Crippen LogP contribution in [0.25, 0.3) is 0 Å². The quantitative estimate of drug-likeness (QED) is 0.288. The van der Waals surface area contributed by atoms with Crippen molar-refractivity contribution in [3.8, 4) is 0 Å². The lowest BCUT2D eigenvalue weighted by molar-refractivity contribution is 0.592. The van der Waals surface area contributed by atoms with Gasteiger partial charge in [-0.15, -0.1) is 0 Å². The lowest BCUT2D eigenvalue weighted by Gasteiger charge is -2.13. The van der Waals surface area contributed by atoms with Crippen LogP contribution in [0.3, 0.4) is 0 Å². The molecule has 0 amide bonds. The zero-order valence-corrected chi connectivity index (χ0v) is 18.6. The molecule has 164 valence electrons. The van der Waals surface area contributed by atoms with Crippen LogP contribution in [0.15, 0.2) is 82.9 Å². The van der Waals surface area contributed by atoms with E-state index in [4.69, 9.17) is 0 Å². The molecule has 0 bridgehead atoms. The van der Waals surface area contributed by atoms with Crippen molar-refractivity contribution in [1.82, 2.24) is 20.4 Å². The van der Waals surface area contributed by atoms with Crippen molar-refractivity contribution >= 4 is 15.8 Å². The van der Waals surface area contributed by atoms with Crippen LogP contribution < -0.4 is 10.6 Å². The Morgan fingerprint density at radius 3 is 2.45 bits per heavy atom. The van der Waals surface area contributed by atoms with E-state index in [0.717, 1.165) is 12.1 Å². The number of nitrogens with one attached hydrogen (secondary N) is 2. The molecular weight excluding hydrogens is 410 g/mol. The van der Waals surface area contributed by atoms with E-state index >= 15 is 0 Å². The van der Waals surface area contributed by atoms with E-state index in [0.29, 0.717) is 36.9 Å². The van der Waals surface area contributed by atoms with Crippen LogP contribution in [-0.2, 0) is 22.9 Å². The molecule has 2 N–H and O–H groups in total. The Labute approximate surface area is 184 Å². The van der Waals surface area contributed by atoms with E-state index in [2.05, 4.69) is 32.9 Å². The molecule has 0 fully saturated rings. The van der Waals surface area contributed by atoms with Crippen molar-refractivity contribution in [1.29, 1.82) is 0 Å². The molecule has 0 aliphatic rings. The third kappa shape index (κ3) is 6.96. The second-order valence-electron chi connectivity index (χ2n) is 7.08. The summed E-state index contributed by atoms with van der Waals surface area (Å²) in [6.45, 7) is 4.47. The number of hydrogen-bond acceptors (Lipinski definition) is 4. The van der Waals surface area contributed by atoms with Gasteiger partial charge in [-0.3, -0.25) is 4.68 Å². The Kier molecular flexibility index (Phi) is 8.23. The molecular formula is C23H29N5O2S. The van der Waals surface area contributed by atoms with Gasteiger partial charge in [0, 0.05) is 25.5 Å². The molecule has 2 aromatic carbocycles. The second-order valence-corrected chi connectivity index (χ2v) is 9.19. The van der Waals surface area contributed by atoms with E-state index in [-0.39, 0.29) is 5.75 Å². The number of nitrogens with zero attached hydrogens (tertiary/aromatic N) is 3. The summed E-state index contributed by atoms with van der Waals surface area (Å²) in [5.41, 5.74) is 2.29. The van der Waals surface area contributed by atoms with Crippen LogP contribution in [0.5, 0.6) is 0 Å². The summed E-state index contributed by atoms with van der Waals surface area (Å²) in [5.74, 6) is 0.768. The van der Waals surface area contributed by atoms with Crippen LogP contribution in [0.2, 0.25) is 0 Å². The molecule has 1 heterocycles. The summed E-state index contributed by atoms with van der Waals surface area (Å²) in [6, 6.07) is 18.6. The minimum Gasteiger partial charge on any atom is -0.357 e. The molecule has 0 radical (unpaired) electrons. The number of sulfone groups is 1. The first-order valence-electron chi connectivity index (χ1n) is 10.4. The van der Waals surface area contributed by atoms with Crippen molar-refractivity contribution < 1.29 is 8.42 Å². The van der Waals surface area contributed by atoms with Crippen molar-refractivity contribution in [2.24, 2.45) is 4.99 Å². The van der Waals surface area contributed by atoms with Crippen LogP contribution in [0.1, 0.15) is 24.5 Å². The first-order chi connectivity index (χ1) is 15.1. The fourth-order valence-corrected chi connectivity index (χ4v) is 4.49. The molecule has 3 rings (SSSR count). The van der Waals surface area contributed by atoms with Gasteiger partial charge in [-0.1, -0.05) is 42.5 Å². The molecule has 8 heteroatoms. The standard InChI is InChI=1S/C23H29N5O2S/c1-2-24-23(25-14-9-17-31(29,30)22-12-4-3-5-13-22)26-18-20-10-6-7-11-21(20)19-28-16-8-15-27-28/h3-8,10-13,15-16H,2,9,14,17-19H2,1H3,(H2,24,25,26). The van der Waals surface area contributed by atoms with Gasteiger partial charge in [0.15, 0.2) is 15.8 Å². The van der Waals surface area contributed by atoms with Crippen molar-refractivity contribution in [3.05, 3.63) is 84.2 Å². The number of aromatic nitrogens is 2. The van der Waals surface area contributed by atoms with E-state index in [9.17, 15) is 8.42 Å². The van der Waals surface area contributed by atoms with Crippen molar-refractivity contribution in [3.63, 3.8) is 0 Å². The average Bonchev–Trinajstić information content (AvgIpc) is 3.29. The maximum atomic E-state index is 12.4. The number of aliphatic imine (C=N–C) groups is 1. The maximum absolute atomic E-state index is 12.4. The number of hydrogen-bond donors (Lipinski definition) is 2. The molecule has 0 atom stereocenters. The van der Waals surface area contributed by atoms with Gasteiger partial charge in [0.25, 0.3) is 0 Å². The molecule has 0 aliphatic heterocycles. The molecule has 0 aliphatic carbocycles. The summed E-state index contributed by atoms with van der Waals surface area (Å²) in [6.07, 6.45) is 4.21. The van der Waals surface area contributed by atoms with Gasteiger partial charge < -0.3 is 10.6 Å². The number of rotatable bonds is 10. The molecule has 0 saturated heterocycles. The predicted octanol–water partition coefficient (Wildman–Crippen LogP) is 2.85. The minimum atomic E-state index is -3.26. The van der Waals surface area contributed by atoms with Crippen LogP contribution in [-0.4, -0.2) is 43.0 Å². The second kappa shape index (κ2) is 11.3. The zero-order chi connectivity index (χ0) is 21.9. The highest BCUT2D eigenvalue weighted by atomic mass is 32.2. The zero-order valence-electron chi connectivity index (χ0n) is 17.7. The molecule has 1 aromatic heterocycles. The molecule has 0 spiro atoms. The monoisotopic (exact) mass is 439 g/mol. The van der Waals surface area contributed by atoms with Crippen LogP contribution in [0.4, 0.5) is 0 Å². The average molecular weight is 440 g/mol.